The Labute approximate surface area is 182 Å². The summed E-state index contributed by atoms with van der Waals surface area (Å²) in [5.74, 6) is -0.682. The topological polar surface area (TPSA) is 84.3 Å². The van der Waals surface area contributed by atoms with Crippen LogP contribution in [0.5, 0.6) is 5.75 Å². The first kappa shape index (κ1) is 21.1. The number of anilines is 1. The monoisotopic (exact) mass is 419 g/mol. The summed E-state index contributed by atoms with van der Waals surface area (Å²) < 4.78 is 4.67. The molecule has 0 amide bonds. The van der Waals surface area contributed by atoms with E-state index in [1.54, 1.807) is 12.3 Å². The van der Waals surface area contributed by atoms with Gasteiger partial charge in [0, 0.05) is 29.5 Å². The normalized spacial score (nSPS) is 13.1. The number of hydrogen-bond donors (Lipinski definition) is 2. The molecule has 0 atom stereocenters. The number of para-hydroxylation sites is 1. The molecule has 162 valence electrons. The molecule has 6 heteroatoms. The number of aromatic nitrogens is 2. The molecule has 0 saturated heterocycles. The molecule has 4 rings (SSSR count). The molecule has 3 aromatic rings. The molecule has 2 heterocycles. The van der Waals surface area contributed by atoms with Gasteiger partial charge in [-0.05, 0) is 68.2 Å². The Bertz CT molecular complexity index is 1080. The Hall–Kier alpha value is -3.15. The second kappa shape index (κ2) is 9.77. The van der Waals surface area contributed by atoms with Crippen LogP contribution in [0.3, 0.4) is 0 Å². The molecule has 0 bridgehead atoms. The Morgan fingerprint density at radius 2 is 1.97 bits per heavy atom. The van der Waals surface area contributed by atoms with Gasteiger partial charge in [-0.15, -0.1) is 0 Å². The van der Waals surface area contributed by atoms with Gasteiger partial charge in [0.05, 0.1) is 12.6 Å². The third-order valence-electron chi connectivity index (χ3n) is 5.98. The number of unbranched alkanes of at least 4 members (excludes halogenated alkanes) is 2. The van der Waals surface area contributed by atoms with Crippen molar-refractivity contribution in [2.45, 2.75) is 51.4 Å². The van der Waals surface area contributed by atoms with E-state index in [1.807, 2.05) is 0 Å². The van der Waals surface area contributed by atoms with Crippen molar-refractivity contribution in [1.82, 2.24) is 9.97 Å². The number of hydrogen-bond acceptors (Lipinski definition) is 6. The summed E-state index contributed by atoms with van der Waals surface area (Å²) in [6, 6.07) is 10.1. The average Bonchev–Trinajstić information content (AvgIpc) is 2.81. The minimum atomic E-state index is -0.614. The molecule has 0 unspecified atom stereocenters. The van der Waals surface area contributed by atoms with Gasteiger partial charge < -0.3 is 15.2 Å². The number of fused-ring (bicyclic) bond motifs is 2. The van der Waals surface area contributed by atoms with Crippen LogP contribution in [-0.4, -0.2) is 34.7 Å². The lowest BCUT2D eigenvalue weighted by atomic mass is 9.92. The first-order chi connectivity index (χ1) is 15.2. The molecular weight excluding hydrogens is 390 g/mol. The standard InChI is InChI=1S/C25H29N3O3/c1-31-25(30)23-24(29)17(14-16-27-23)9-3-2-8-15-26-22-18-10-4-6-12-20(18)28-21-13-7-5-11-19(21)22/h4,6,10,12,14,16,29H,2-3,5,7-9,11,13,15H2,1H3,(H,26,28). The van der Waals surface area contributed by atoms with E-state index in [4.69, 9.17) is 4.98 Å². The van der Waals surface area contributed by atoms with E-state index in [1.165, 1.54) is 42.3 Å². The molecule has 31 heavy (non-hydrogen) atoms. The van der Waals surface area contributed by atoms with Crippen LogP contribution >= 0.6 is 0 Å². The Morgan fingerprint density at radius 3 is 2.84 bits per heavy atom. The zero-order chi connectivity index (χ0) is 21.6. The van der Waals surface area contributed by atoms with E-state index in [9.17, 15) is 9.90 Å². The summed E-state index contributed by atoms with van der Waals surface area (Å²) in [6.45, 7) is 0.899. The fourth-order valence-electron chi connectivity index (χ4n) is 4.35. The van der Waals surface area contributed by atoms with Gasteiger partial charge in [-0.2, -0.15) is 0 Å². The van der Waals surface area contributed by atoms with Gasteiger partial charge in [-0.3, -0.25) is 4.98 Å². The van der Waals surface area contributed by atoms with Crippen LogP contribution in [-0.2, 0) is 24.0 Å². The molecule has 0 saturated carbocycles. The summed E-state index contributed by atoms with van der Waals surface area (Å²) >= 11 is 0. The second-order valence-electron chi connectivity index (χ2n) is 8.03. The molecule has 1 aromatic carbocycles. The first-order valence-corrected chi connectivity index (χ1v) is 11.1. The predicted octanol–water partition coefficient (Wildman–Crippen LogP) is 4.83. The molecule has 6 nitrogen and oxygen atoms in total. The van der Waals surface area contributed by atoms with Gasteiger partial charge in [-0.1, -0.05) is 24.6 Å². The number of aromatic hydroxyl groups is 1. The molecule has 0 aliphatic heterocycles. The van der Waals surface area contributed by atoms with Crippen molar-refractivity contribution in [3.8, 4) is 5.75 Å². The van der Waals surface area contributed by atoms with Crippen LogP contribution in [0.2, 0.25) is 0 Å². The van der Waals surface area contributed by atoms with Crippen molar-refractivity contribution in [3.05, 3.63) is 59.0 Å². The smallest absolute Gasteiger partial charge is 0.360 e. The number of rotatable bonds is 8. The van der Waals surface area contributed by atoms with Crippen LogP contribution in [0.15, 0.2) is 36.5 Å². The van der Waals surface area contributed by atoms with Crippen LogP contribution in [0.1, 0.15) is 59.4 Å². The molecule has 2 aromatic heterocycles. The number of nitrogens with zero attached hydrogens (tertiary/aromatic N) is 2. The van der Waals surface area contributed by atoms with Crippen LogP contribution in [0.25, 0.3) is 10.9 Å². The zero-order valence-electron chi connectivity index (χ0n) is 18.0. The third-order valence-corrected chi connectivity index (χ3v) is 5.98. The highest BCUT2D eigenvalue weighted by Crippen LogP contribution is 2.33. The number of pyridine rings is 2. The maximum Gasteiger partial charge on any atom is 0.360 e. The van der Waals surface area contributed by atoms with Crippen molar-refractivity contribution in [2.24, 2.45) is 0 Å². The Balaban J connectivity index is 1.34. The highest BCUT2D eigenvalue weighted by atomic mass is 16.5. The van der Waals surface area contributed by atoms with E-state index >= 15 is 0 Å². The number of carbonyl (C=O) groups excluding carboxylic acids is 1. The summed E-state index contributed by atoms with van der Waals surface area (Å²) in [7, 11) is 1.28. The van der Waals surface area contributed by atoms with Gasteiger partial charge >= 0.3 is 5.97 Å². The Kier molecular flexibility index (Phi) is 6.65. The summed E-state index contributed by atoms with van der Waals surface area (Å²) in [6.07, 6.45) is 9.83. The van der Waals surface area contributed by atoms with Crippen molar-refractivity contribution < 1.29 is 14.6 Å². The predicted molar refractivity (Wildman–Crippen MR) is 122 cm³/mol. The zero-order valence-corrected chi connectivity index (χ0v) is 18.0. The van der Waals surface area contributed by atoms with Gasteiger partial charge in [-0.25, -0.2) is 9.78 Å². The number of methoxy groups -OCH3 is 1. The SMILES string of the molecule is COC(=O)c1nccc(CCCCCNc2c3c(nc4ccccc24)CCCC3)c1O. The lowest BCUT2D eigenvalue weighted by molar-refractivity contribution is 0.0590. The quantitative estimate of drug-likeness (QED) is 0.402. The van der Waals surface area contributed by atoms with E-state index in [-0.39, 0.29) is 11.4 Å². The molecule has 0 spiro atoms. The molecule has 1 aliphatic carbocycles. The van der Waals surface area contributed by atoms with Crippen molar-refractivity contribution in [3.63, 3.8) is 0 Å². The fraction of sp³-hybridized carbons (Fsp3) is 0.400. The van der Waals surface area contributed by atoms with E-state index in [2.05, 4.69) is 39.3 Å². The van der Waals surface area contributed by atoms with Crippen molar-refractivity contribution in [2.75, 3.05) is 19.0 Å². The summed E-state index contributed by atoms with van der Waals surface area (Å²) in [5, 5.41) is 15.2. The average molecular weight is 420 g/mol. The number of esters is 1. The van der Waals surface area contributed by atoms with E-state index in [0.717, 1.165) is 49.7 Å². The van der Waals surface area contributed by atoms with Crippen molar-refractivity contribution >= 4 is 22.6 Å². The number of carbonyl (C=O) groups is 1. The minimum Gasteiger partial charge on any atom is -0.505 e. The number of ether oxygens (including phenoxy) is 1. The summed E-state index contributed by atoms with van der Waals surface area (Å²) in [5.41, 5.74) is 5.69. The lowest BCUT2D eigenvalue weighted by Crippen LogP contribution is -2.12. The van der Waals surface area contributed by atoms with Crippen LogP contribution in [0, 0.1) is 0 Å². The maximum absolute atomic E-state index is 11.7. The lowest BCUT2D eigenvalue weighted by Gasteiger charge is -2.21. The Morgan fingerprint density at radius 1 is 1.13 bits per heavy atom. The number of benzene rings is 1. The second-order valence-corrected chi connectivity index (χ2v) is 8.03. The van der Waals surface area contributed by atoms with Gasteiger partial charge in [0.2, 0.25) is 0 Å². The molecule has 0 fully saturated rings. The van der Waals surface area contributed by atoms with Crippen molar-refractivity contribution in [1.29, 1.82) is 0 Å². The number of aryl methyl sites for hydroxylation is 2. The molecular formula is C25H29N3O3. The first-order valence-electron chi connectivity index (χ1n) is 11.1. The highest BCUT2D eigenvalue weighted by Gasteiger charge is 2.18. The van der Waals surface area contributed by atoms with E-state index in [0.29, 0.717) is 6.42 Å². The number of nitrogens with one attached hydrogen (secondary N) is 1. The molecule has 1 aliphatic rings. The molecule has 2 N–H and O–H groups in total. The maximum atomic E-state index is 11.7. The van der Waals surface area contributed by atoms with E-state index < -0.39 is 5.97 Å². The van der Waals surface area contributed by atoms with Crippen LogP contribution < -0.4 is 5.32 Å². The fourth-order valence-corrected chi connectivity index (χ4v) is 4.35. The van der Waals surface area contributed by atoms with Crippen LogP contribution in [0.4, 0.5) is 5.69 Å². The van der Waals surface area contributed by atoms with Gasteiger partial charge in [0.1, 0.15) is 0 Å². The largest absolute Gasteiger partial charge is 0.505 e. The van der Waals surface area contributed by atoms with Gasteiger partial charge in [0.25, 0.3) is 0 Å². The molecule has 0 radical (unpaired) electrons. The van der Waals surface area contributed by atoms with Gasteiger partial charge in [0.15, 0.2) is 11.4 Å². The minimum absolute atomic E-state index is 0.0176. The summed E-state index contributed by atoms with van der Waals surface area (Å²) in [4.78, 5) is 20.5. The highest BCUT2D eigenvalue weighted by molar-refractivity contribution is 5.93. The third kappa shape index (κ3) is 4.63.